The van der Waals surface area contributed by atoms with Gasteiger partial charge in [-0.1, -0.05) is 35.3 Å². The molecule has 3 rings (SSSR count). The van der Waals surface area contributed by atoms with Gasteiger partial charge in [0.1, 0.15) is 9.46 Å². The van der Waals surface area contributed by atoms with Gasteiger partial charge in [0.15, 0.2) is 9.84 Å². The summed E-state index contributed by atoms with van der Waals surface area (Å²) in [5.74, 6) is -0.441. The van der Waals surface area contributed by atoms with Crippen molar-refractivity contribution in [2.45, 2.75) is 9.46 Å². The molecule has 27 heavy (non-hydrogen) atoms. The Hall–Kier alpha value is -1.93. The molecule has 1 N–H and O–H groups in total. The first-order chi connectivity index (χ1) is 12.9. The van der Waals surface area contributed by atoms with E-state index in [9.17, 15) is 13.2 Å². The number of nitrogens with zero attached hydrogens (tertiary/aromatic N) is 1. The number of thiophene rings is 1. The third kappa shape index (κ3) is 4.50. The Labute approximate surface area is 170 Å². The maximum atomic E-state index is 13.0. The molecule has 1 atom stereocenters. The van der Waals surface area contributed by atoms with Crippen molar-refractivity contribution in [1.29, 1.82) is 0 Å². The maximum Gasteiger partial charge on any atom is 0.251 e. The van der Waals surface area contributed by atoms with E-state index in [0.717, 1.165) is 11.3 Å². The van der Waals surface area contributed by atoms with Gasteiger partial charge in [-0.3, -0.25) is 9.78 Å². The average Bonchev–Trinajstić information content (AvgIpc) is 3.20. The highest BCUT2D eigenvalue weighted by Gasteiger charge is 2.30. The number of hydrogen-bond donors (Lipinski definition) is 1. The van der Waals surface area contributed by atoms with Crippen LogP contribution in [0.25, 0.3) is 0 Å². The molecule has 140 valence electrons. The summed E-state index contributed by atoms with van der Waals surface area (Å²) in [7, 11) is -3.69. The Morgan fingerprint density at radius 1 is 1.15 bits per heavy atom. The SMILES string of the molecule is O=C(NCC(c1cccnc1)S(=O)(=O)c1cccs1)c1ccc(Cl)c(Cl)c1. The van der Waals surface area contributed by atoms with E-state index in [1.54, 1.807) is 35.8 Å². The second kappa shape index (κ2) is 8.39. The normalized spacial score (nSPS) is 12.5. The summed E-state index contributed by atoms with van der Waals surface area (Å²) < 4.78 is 26.3. The third-order valence-electron chi connectivity index (χ3n) is 3.84. The summed E-state index contributed by atoms with van der Waals surface area (Å²) in [6.45, 7) is -0.106. The molecule has 0 saturated heterocycles. The van der Waals surface area contributed by atoms with Gasteiger partial charge >= 0.3 is 0 Å². The second-order valence-electron chi connectivity index (χ2n) is 5.59. The quantitative estimate of drug-likeness (QED) is 0.616. The van der Waals surface area contributed by atoms with Crippen molar-refractivity contribution in [3.63, 3.8) is 0 Å². The van der Waals surface area contributed by atoms with Crippen LogP contribution in [-0.4, -0.2) is 25.9 Å². The number of nitrogens with one attached hydrogen (secondary N) is 1. The molecule has 0 spiro atoms. The van der Waals surface area contributed by atoms with Crippen molar-refractivity contribution in [2.24, 2.45) is 0 Å². The molecular weight excluding hydrogens is 427 g/mol. The van der Waals surface area contributed by atoms with Gasteiger partial charge in [0, 0.05) is 24.5 Å². The minimum absolute atomic E-state index is 0.106. The minimum Gasteiger partial charge on any atom is -0.350 e. The van der Waals surface area contributed by atoms with E-state index in [1.165, 1.54) is 24.4 Å². The minimum atomic E-state index is -3.69. The largest absolute Gasteiger partial charge is 0.350 e. The Morgan fingerprint density at radius 2 is 1.96 bits per heavy atom. The number of halogens is 2. The predicted octanol–water partition coefficient (Wildman–Crippen LogP) is 4.39. The van der Waals surface area contributed by atoms with Gasteiger partial charge in [0.25, 0.3) is 5.91 Å². The summed E-state index contributed by atoms with van der Waals surface area (Å²) >= 11 is 12.9. The first kappa shape index (κ1) is 19.8. The molecular formula is C18H14Cl2N2O3S2. The van der Waals surface area contributed by atoms with Crippen molar-refractivity contribution in [2.75, 3.05) is 6.54 Å². The molecule has 0 bridgehead atoms. The van der Waals surface area contributed by atoms with Gasteiger partial charge in [-0.05, 0) is 41.3 Å². The first-order valence-electron chi connectivity index (χ1n) is 7.80. The molecule has 0 fully saturated rings. The summed E-state index contributed by atoms with van der Waals surface area (Å²) in [6.07, 6.45) is 3.05. The monoisotopic (exact) mass is 440 g/mol. The Balaban J connectivity index is 1.86. The number of amides is 1. The molecule has 0 aliphatic carbocycles. The van der Waals surface area contributed by atoms with Gasteiger partial charge in [0.2, 0.25) is 0 Å². The molecule has 1 unspecified atom stereocenters. The predicted molar refractivity (Wildman–Crippen MR) is 107 cm³/mol. The number of sulfone groups is 1. The summed E-state index contributed by atoms with van der Waals surface area (Å²) in [6, 6.07) is 11.0. The fraction of sp³-hybridized carbons (Fsp3) is 0.111. The lowest BCUT2D eigenvalue weighted by Crippen LogP contribution is -2.31. The summed E-state index contributed by atoms with van der Waals surface area (Å²) in [5, 5.41) is 3.99. The first-order valence-corrected chi connectivity index (χ1v) is 11.0. The molecule has 0 saturated carbocycles. The number of benzene rings is 1. The van der Waals surface area contributed by atoms with Crippen molar-refractivity contribution in [3.05, 3.63) is 81.4 Å². The van der Waals surface area contributed by atoms with Crippen LogP contribution in [0.15, 0.2) is 64.4 Å². The van der Waals surface area contributed by atoms with Crippen LogP contribution in [0, 0.1) is 0 Å². The standard InChI is InChI=1S/C18H14Cl2N2O3S2/c19-14-6-5-12(9-15(14)20)18(23)22-11-16(13-3-1-7-21-10-13)27(24,25)17-4-2-8-26-17/h1-10,16H,11H2,(H,22,23). The van der Waals surface area contributed by atoms with E-state index in [4.69, 9.17) is 23.2 Å². The zero-order valence-corrected chi connectivity index (χ0v) is 16.9. The summed E-state index contributed by atoms with van der Waals surface area (Å²) in [5.41, 5.74) is 0.795. The Morgan fingerprint density at radius 3 is 2.59 bits per heavy atom. The van der Waals surface area contributed by atoms with Gasteiger partial charge in [-0.15, -0.1) is 11.3 Å². The number of carbonyl (C=O) groups is 1. The van der Waals surface area contributed by atoms with Gasteiger partial charge in [0.05, 0.1) is 10.0 Å². The van der Waals surface area contributed by atoms with Crippen LogP contribution in [0.3, 0.4) is 0 Å². The zero-order chi connectivity index (χ0) is 19.4. The third-order valence-corrected chi connectivity index (χ3v) is 8.11. The van der Waals surface area contributed by atoms with E-state index in [2.05, 4.69) is 10.3 Å². The van der Waals surface area contributed by atoms with Crippen molar-refractivity contribution < 1.29 is 13.2 Å². The Kier molecular flexibility index (Phi) is 6.16. The van der Waals surface area contributed by atoms with Crippen molar-refractivity contribution in [3.8, 4) is 0 Å². The van der Waals surface area contributed by atoms with Crippen LogP contribution in [0.4, 0.5) is 0 Å². The molecule has 5 nitrogen and oxygen atoms in total. The van der Waals surface area contributed by atoms with Crippen LogP contribution in [0.2, 0.25) is 10.0 Å². The van der Waals surface area contributed by atoms with E-state index in [0.29, 0.717) is 16.1 Å². The lowest BCUT2D eigenvalue weighted by atomic mass is 10.2. The molecule has 3 aromatic rings. The van der Waals surface area contributed by atoms with E-state index in [1.807, 2.05) is 0 Å². The fourth-order valence-electron chi connectivity index (χ4n) is 2.46. The smallest absolute Gasteiger partial charge is 0.251 e. The van der Waals surface area contributed by atoms with Gasteiger partial charge in [-0.2, -0.15) is 0 Å². The van der Waals surface area contributed by atoms with Crippen LogP contribution < -0.4 is 5.32 Å². The molecule has 0 aliphatic heterocycles. The van der Waals surface area contributed by atoms with Crippen molar-refractivity contribution in [1.82, 2.24) is 10.3 Å². The topological polar surface area (TPSA) is 76.1 Å². The van der Waals surface area contributed by atoms with Crippen LogP contribution >= 0.6 is 34.5 Å². The highest BCUT2D eigenvalue weighted by Crippen LogP contribution is 2.31. The molecule has 0 aliphatic rings. The Bertz CT molecular complexity index is 1040. The van der Waals surface area contributed by atoms with Crippen LogP contribution in [0.5, 0.6) is 0 Å². The molecule has 2 heterocycles. The molecule has 0 radical (unpaired) electrons. The molecule has 9 heteroatoms. The van der Waals surface area contributed by atoms with Crippen LogP contribution in [-0.2, 0) is 9.84 Å². The number of rotatable bonds is 6. The lowest BCUT2D eigenvalue weighted by Gasteiger charge is -2.18. The van der Waals surface area contributed by atoms with Crippen molar-refractivity contribution >= 4 is 50.3 Å². The lowest BCUT2D eigenvalue weighted by molar-refractivity contribution is 0.0953. The zero-order valence-electron chi connectivity index (χ0n) is 13.8. The molecule has 1 amide bonds. The molecule has 2 aromatic heterocycles. The van der Waals surface area contributed by atoms with E-state index < -0.39 is 21.0 Å². The van der Waals surface area contributed by atoms with Gasteiger partial charge in [-0.25, -0.2) is 8.42 Å². The number of hydrogen-bond acceptors (Lipinski definition) is 5. The number of carbonyl (C=O) groups excluding carboxylic acids is 1. The highest BCUT2D eigenvalue weighted by atomic mass is 35.5. The van der Waals surface area contributed by atoms with E-state index >= 15 is 0 Å². The second-order valence-corrected chi connectivity index (χ2v) is 9.71. The number of aromatic nitrogens is 1. The van der Waals surface area contributed by atoms with E-state index in [-0.39, 0.29) is 15.8 Å². The highest BCUT2D eigenvalue weighted by molar-refractivity contribution is 7.93. The maximum absolute atomic E-state index is 13.0. The molecule has 1 aromatic carbocycles. The fourth-order valence-corrected chi connectivity index (χ4v) is 5.61. The summed E-state index contributed by atoms with van der Waals surface area (Å²) in [4.78, 5) is 16.4. The van der Waals surface area contributed by atoms with Gasteiger partial charge < -0.3 is 5.32 Å². The average molecular weight is 441 g/mol. The number of pyridine rings is 1. The van der Waals surface area contributed by atoms with Crippen LogP contribution in [0.1, 0.15) is 21.2 Å².